The zero-order valence-corrected chi connectivity index (χ0v) is 8.46. The summed E-state index contributed by atoms with van der Waals surface area (Å²) in [6.07, 6.45) is -0.707. The summed E-state index contributed by atoms with van der Waals surface area (Å²) in [6, 6.07) is 2.82. The first-order valence-corrected chi connectivity index (χ1v) is 4.66. The zero-order valence-electron chi connectivity index (χ0n) is 8.46. The molecule has 16 heavy (non-hydrogen) atoms. The number of hydrogen-bond acceptors (Lipinski definition) is 3. The van der Waals surface area contributed by atoms with Crippen molar-refractivity contribution in [2.24, 2.45) is 5.73 Å². The van der Waals surface area contributed by atoms with Gasteiger partial charge in [0.1, 0.15) is 11.6 Å². The van der Waals surface area contributed by atoms with Crippen LogP contribution < -0.4 is 5.73 Å². The van der Waals surface area contributed by atoms with Crippen LogP contribution in [-0.4, -0.2) is 11.9 Å². The number of halogens is 2. The van der Waals surface area contributed by atoms with E-state index in [4.69, 9.17) is 10.5 Å². The van der Waals surface area contributed by atoms with Crippen molar-refractivity contribution in [3.63, 3.8) is 0 Å². The van der Waals surface area contributed by atoms with Crippen LogP contribution in [0.1, 0.15) is 12.5 Å². The molecule has 0 aliphatic carbocycles. The highest BCUT2D eigenvalue weighted by Crippen LogP contribution is 2.28. The predicted molar refractivity (Wildman–Crippen MR) is 53.0 cm³/mol. The molecule has 3 nitrogen and oxygen atoms in total. The van der Waals surface area contributed by atoms with Crippen LogP contribution in [0.2, 0.25) is 0 Å². The van der Waals surface area contributed by atoms with Gasteiger partial charge in [0, 0.05) is 6.07 Å². The minimum absolute atomic E-state index is 0.0332. The minimum Gasteiger partial charge on any atom is -0.467 e. The van der Waals surface area contributed by atoms with E-state index >= 15 is 0 Å². The lowest BCUT2D eigenvalue weighted by Crippen LogP contribution is -2.13. The van der Waals surface area contributed by atoms with Crippen LogP contribution in [0.15, 0.2) is 24.1 Å². The fraction of sp³-hybridized carbons (Fsp3) is 0.182. The maximum Gasteiger partial charge on any atom is 0.209 e. The van der Waals surface area contributed by atoms with Crippen molar-refractivity contribution in [2.75, 3.05) is 0 Å². The monoisotopic (exact) mass is 225 g/mol. The third-order valence-corrected chi connectivity index (χ3v) is 2.32. The normalized spacial score (nSPS) is 20.2. The van der Waals surface area contributed by atoms with Crippen molar-refractivity contribution < 1.29 is 18.3 Å². The van der Waals surface area contributed by atoms with Crippen LogP contribution >= 0.6 is 0 Å². The van der Waals surface area contributed by atoms with Crippen molar-refractivity contribution in [1.29, 1.82) is 0 Å². The fourth-order valence-corrected chi connectivity index (χ4v) is 1.61. The molecule has 1 aromatic carbocycles. The smallest absolute Gasteiger partial charge is 0.209 e. The Labute approximate surface area is 90.5 Å². The van der Waals surface area contributed by atoms with Gasteiger partial charge >= 0.3 is 0 Å². The van der Waals surface area contributed by atoms with E-state index in [-0.39, 0.29) is 22.8 Å². The van der Waals surface area contributed by atoms with Crippen LogP contribution in [0, 0.1) is 11.6 Å². The number of carbonyl (C=O) groups excluding carboxylic acids is 1. The van der Waals surface area contributed by atoms with E-state index in [1.54, 1.807) is 0 Å². The Kier molecular flexibility index (Phi) is 2.38. The quantitative estimate of drug-likeness (QED) is 0.789. The second-order valence-corrected chi connectivity index (χ2v) is 3.52. The number of ketones is 1. The Bertz CT molecular complexity index is 477. The molecule has 1 atom stereocenters. The molecule has 84 valence electrons. The Morgan fingerprint density at radius 3 is 2.25 bits per heavy atom. The van der Waals surface area contributed by atoms with Gasteiger partial charge in [0.25, 0.3) is 0 Å². The molecule has 1 unspecified atom stereocenters. The topological polar surface area (TPSA) is 52.3 Å². The van der Waals surface area contributed by atoms with Crippen molar-refractivity contribution >= 4 is 11.4 Å². The number of ether oxygens (including phenoxy) is 1. The van der Waals surface area contributed by atoms with Crippen LogP contribution in [0.4, 0.5) is 8.78 Å². The van der Waals surface area contributed by atoms with Crippen LogP contribution in [0.3, 0.4) is 0 Å². The molecule has 2 N–H and O–H groups in total. The summed E-state index contributed by atoms with van der Waals surface area (Å²) in [7, 11) is 0. The van der Waals surface area contributed by atoms with Gasteiger partial charge in [-0.1, -0.05) is 0 Å². The standard InChI is InChI=1S/C11H9F2NO2/c1-5-10(15)9(11(14)16-5)6-2-7(12)4-8(13)3-6/h2-5H,14H2,1H3. The summed E-state index contributed by atoms with van der Waals surface area (Å²) >= 11 is 0. The molecule has 0 spiro atoms. The van der Waals surface area contributed by atoms with E-state index in [0.29, 0.717) is 0 Å². The highest BCUT2D eigenvalue weighted by molar-refractivity contribution is 6.24. The third kappa shape index (κ3) is 1.64. The van der Waals surface area contributed by atoms with Crippen LogP contribution in [-0.2, 0) is 9.53 Å². The number of nitrogens with two attached hydrogens (primary N) is 1. The van der Waals surface area contributed by atoms with Gasteiger partial charge in [0.05, 0.1) is 5.57 Å². The fourth-order valence-electron chi connectivity index (χ4n) is 1.61. The van der Waals surface area contributed by atoms with Crippen molar-refractivity contribution in [3.05, 3.63) is 41.3 Å². The van der Waals surface area contributed by atoms with Gasteiger partial charge in [-0.3, -0.25) is 4.79 Å². The first-order chi connectivity index (χ1) is 7.49. The van der Waals surface area contributed by atoms with Crippen LogP contribution in [0.5, 0.6) is 0 Å². The molecule has 0 saturated heterocycles. The highest BCUT2D eigenvalue weighted by atomic mass is 19.1. The van der Waals surface area contributed by atoms with E-state index in [9.17, 15) is 13.6 Å². The Morgan fingerprint density at radius 1 is 1.25 bits per heavy atom. The molecule has 0 fully saturated rings. The summed E-state index contributed by atoms with van der Waals surface area (Å²) in [5.74, 6) is -1.99. The summed E-state index contributed by atoms with van der Waals surface area (Å²) in [5, 5.41) is 0. The minimum atomic E-state index is -0.761. The van der Waals surface area contributed by atoms with Gasteiger partial charge in [-0.25, -0.2) is 8.78 Å². The summed E-state index contributed by atoms with van der Waals surface area (Å²) in [4.78, 5) is 11.6. The molecule has 1 heterocycles. The Morgan fingerprint density at radius 2 is 1.81 bits per heavy atom. The predicted octanol–water partition coefficient (Wildman–Crippen LogP) is 1.58. The molecule has 0 radical (unpaired) electrons. The third-order valence-electron chi connectivity index (χ3n) is 2.32. The van der Waals surface area contributed by atoms with Gasteiger partial charge in [-0.05, 0) is 24.6 Å². The molecule has 0 bridgehead atoms. The molecule has 0 amide bonds. The lowest BCUT2D eigenvalue weighted by Gasteiger charge is -2.01. The molecule has 2 rings (SSSR count). The SMILES string of the molecule is CC1OC(N)=C(c2cc(F)cc(F)c2)C1=O. The molecule has 1 aliphatic heterocycles. The number of Topliss-reactive ketones (excluding diaryl/α,β-unsaturated/α-hetero) is 1. The second kappa shape index (κ2) is 3.59. The molecule has 0 saturated carbocycles. The van der Waals surface area contributed by atoms with E-state index in [0.717, 1.165) is 18.2 Å². The van der Waals surface area contributed by atoms with E-state index < -0.39 is 17.7 Å². The summed E-state index contributed by atoms with van der Waals surface area (Å²) in [5.41, 5.74) is 5.62. The zero-order chi connectivity index (χ0) is 11.9. The van der Waals surface area contributed by atoms with Crippen molar-refractivity contribution in [1.82, 2.24) is 0 Å². The number of rotatable bonds is 1. The largest absolute Gasteiger partial charge is 0.467 e. The van der Waals surface area contributed by atoms with E-state index in [2.05, 4.69) is 0 Å². The maximum atomic E-state index is 13.0. The van der Waals surface area contributed by atoms with E-state index in [1.165, 1.54) is 6.92 Å². The van der Waals surface area contributed by atoms with Crippen molar-refractivity contribution in [3.8, 4) is 0 Å². The molecule has 1 aliphatic rings. The number of hydrogen-bond donors (Lipinski definition) is 1. The number of benzene rings is 1. The lowest BCUT2D eigenvalue weighted by molar-refractivity contribution is -0.119. The van der Waals surface area contributed by atoms with Gasteiger partial charge in [-0.2, -0.15) is 0 Å². The molecule has 5 heteroatoms. The Balaban J connectivity index is 2.52. The van der Waals surface area contributed by atoms with Crippen LogP contribution in [0.25, 0.3) is 5.57 Å². The van der Waals surface area contributed by atoms with E-state index in [1.807, 2.05) is 0 Å². The molecule has 1 aromatic rings. The highest BCUT2D eigenvalue weighted by Gasteiger charge is 2.31. The van der Waals surface area contributed by atoms with Gasteiger partial charge in [0.15, 0.2) is 12.0 Å². The van der Waals surface area contributed by atoms with Crippen molar-refractivity contribution in [2.45, 2.75) is 13.0 Å². The lowest BCUT2D eigenvalue weighted by atomic mass is 10.0. The van der Waals surface area contributed by atoms with Gasteiger partial charge in [0.2, 0.25) is 5.78 Å². The average molecular weight is 225 g/mol. The van der Waals surface area contributed by atoms with Gasteiger partial charge in [-0.15, -0.1) is 0 Å². The summed E-state index contributed by atoms with van der Waals surface area (Å²) < 4.78 is 30.9. The summed E-state index contributed by atoms with van der Waals surface area (Å²) in [6.45, 7) is 1.53. The molecular weight excluding hydrogens is 216 g/mol. The second-order valence-electron chi connectivity index (χ2n) is 3.52. The Hall–Kier alpha value is -1.91. The molecular formula is C11H9F2NO2. The first-order valence-electron chi connectivity index (χ1n) is 4.66. The van der Waals surface area contributed by atoms with Gasteiger partial charge < -0.3 is 10.5 Å². The maximum absolute atomic E-state index is 13.0. The number of carbonyl (C=O) groups is 1. The first kappa shape index (κ1) is 10.6. The average Bonchev–Trinajstić information content (AvgIpc) is 2.39. The molecule has 0 aromatic heterocycles.